The number of carbonyl (C=O) groups is 1. The molecule has 0 fully saturated rings. The Labute approximate surface area is 146 Å². The van der Waals surface area contributed by atoms with Crippen molar-refractivity contribution in [3.63, 3.8) is 0 Å². The molecule has 2 aromatic rings. The number of anilines is 1. The maximum atomic E-state index is 12.4. The van der Waals surface area contributed by atoms with Gasteiger partial charge in [0.1, 0.15) is 13.2 Å². The Kier molecular flexibility index (Phi) is 4.91. The van der Waals surface area contributed by atoms with Crippen LogP contribution in [0.5, 0.6) is 11.5 Å². The number of hydrogen-bond acceptors (Lipinski definition) is 5. The van der Waals surface area contributed by atoms with Crippen LogP contribution in [0, 0.1) is 6.92 Å². The maximum Gasteiger partial charge on any atom is 0.241 e. The number of para-hydroxylation sites is 1. The van der Waals surface area contributed by atoms with Crippen molar-refractivity contribution < 1.29 is 22.7 Å². The van der Waals surface area contributed by atoms with Gasteiger partial charge in [0.25, 0.3) is 0 Å². The van der Waals surface area contributed by atoms with Crippen molar-refractivity contribution in [2.24, 2.45) is 0 Å². The van der Waals surface area contributed by atoms with E-state index < -0.39 is 15.9 Å². The van der Waals surface area contributed by atoms with Gasteiger partial charge < -0.3 is 14.8 Å². The quantitative estimate of drug-likeness (QED) is 0.844. The number of sulfonamides is 1. The molecule has 1 aliphatic heterocycles. The predicted octanol–water partition coefficient (Wildman–Crippen LogP) is 1.68. The van der Waals surface area contributed by atoms with E-state index in [0.717, 1.165) is 5.56 Å². The molecule has 0 radical (unpaired) electrons. The Balaban J connectivity index is 1.65. The molecule has 0 spiro atoms. The molecule has 25 heavy (non-hydrogen) atoms. The van der Waals surface area contributed by atoms with Crippen molar-refractivity contribution in [2.45, 2.75) is 11.8 Å². The lowest BCUT2D eigenvalue weighted by Gasteiger charge is -2.18. The third-order valence-electron chi connectivity index (χ3n) is 3.67. The first-order valence-electron chi connectivity index (χ1n) is 7.70. The minimum atomic E-state index is -3.84. The van der Waals surface area contributed by atoms with Crippen LogP contribution in [0.15, 0.2) is 47.4 Å². The zero-order chi connectivity index (χ0) is 17.9. The second kappa shape index (κ2) is 7.12. The molecule has 8 heteroatoms. The zero-order valence-corrected chi connectivity index (χ0v) is 14.4. The number of aryl methyl sites for hydroxylation is 1. The topological polar surface area (TPSA) is 93.7 Å². The molecule has 0 atom stereocenters. The normalized spacial score (nSPS) is 13.3. The van der Waals surface area contributed by atoms with Gasteiger partial charge in [0.15, 0.2) is 11.5 Å². The number of rotatable bonds is 5. The van der Waals surface area contributed by atoms with Crippen LogP contribution in [-0.4, -0.2) is 34.1 Å². The number of hydrogen-bond donors (Lipinski definition) is 2. The lowest BCUT2D eigenvalue weighted by molar-refractivity contribution is -0.115. The summed E-state index contributed by atoms with van der Waals surface area (Å²) in [5, 5.41) is 2.67. The third-order valence-corrected chi connectivity index (χ3v) is 5.06. The number of benzene rings is 2. The average Bonchev–Trinajstić information content (AvgIpc) is 2.62. The summed E-state index contributed by atoms with van der Waals surface area (Å²) < 4.78 is 37.7. The summed E-state index contributed by atoms with van der Waals surface area (Å²) in [4.78, 5) is 12.0. The standard InChI is InChI=1S/C17H18N2O5S/c1-12-4-2-3-5-14(12)19-17(20)11-18-25(21,22)13-6-7-15-16(10-13)24-9-8-23-15/h2-7,10,18H,8-9,11H2,1H3,(H,19,20). The summed E-state index contributed by atoms with van der Waals surface area (Å²) in [6.07, 6.45) is 0. The number of nitrogens with one attached hydrogen (secondary N) is 2. The summed E-state index contributed by atoms with van der Waals surface area (Å²) in [5.41, 5.74) is 1.54. The van der Waals surface area contributed by atoms with Crippen molar-refractivity contribution in [2.75, 3.05) is 25.1 Å². The van der Waals surface area contributed by atoms with Gasteiger partial charge in [-0.05, 0) is 30.7 Å². The minimum absolute atomic E-state index is 0.0143. The summed E-state index contributed by atoms with van der Waals surface area (Å²) in [6, 6.07) is 11.6. The van der Waals surface area contributed by atoms with Crippen molar-refractivity contribution in [1.29, 1.82) is 0 Å². The van der Waals surface area contributed by atoms with E-state index in [1.54, 1.807) is 12.1 Å². The second-order valence-corrected chi connectivity index (χ2v) is 7.26. The molecule has 1 aliphatic rings. The molecule has 3 rings (SSSR count). The highest BCUT2D eigenvalue weighted by Crippen LogP contribution is 2.32. The van der Waals surface area contributed by atoms with E-state index >= 15 is 0 Å². The van der Waals surface area contributed by atoms with Gasteiger partial charge >= 0.3 is 0 Å². The second-order valence-electron chi connectivity index (χ2n) is 5.49. The zero-order valence-electron chi connectivity index (χ0n) is 13.6. The third kappa shape index (κ3) is 4.09. The largest absolute Gasteiger partial charge is 0.486 e. The molecule has 0 unspecified atom stereocenters. The molecule has 0 saturated carbocycles. The molecule has 0 bridgehead atoms. The summed E-state index contributed by atoms with van der Waals surface area (Å²) in [7, 11) is -3.84. The Hall–Kier alpha value is -2.58. The van der Waals surface area contributed by atoms with Crippen molar-refractivity contribution in [1.82, 2.24) is 4.72 Å². The van der Waals surface area contributed by atoms with Gasteiger partial charge in [-0.2, -0.15) is 0 Å². The van der Waals surface area contributed by atoms with Crippen LogP contribution in [0.25, 0.3) is 0 Å². The van der Waals surface area contributed by atoms with E-state index in [1.165, 1.54) is 18.2 Å². The molecule has 2 N–H and O–H groups in total. The molecule has 7 nitrogen and oxygen atoms in total. The molecular formula is C17H18N2O5S. The van der Waals surface area contributed by atoms with E-state index in [4.69, 9.17) is 9.47 Å². The van der Waals surface area contributed by atoms with Crippen molar-refractivity contribution in [3.8, 4) is 11.5 Å². The molecule has 132 valence electrons. The molecule has 0 aromatic heterocycles. The molecule has 0 aliphatic carbocycles. The Morgan fingerprint density at radius 3 is 2.56 bits per heavy atom. The lowest BCUT2D eigenvalue weighted by atomic mass is 10.2. The summed E-state index contributed by atoms with van der Waals surface area (Å²) >= 11 is 0. The van der Waals surface area contributed by atoms with Crippen LogP contribution in [-0.2, 0) is 14.8 Å². The van der Waals surface area contributed by atoms with Crippen LogP contribution in [0.2, 0.25) is 0 Å². The first-order chi connectivity index (χ1) is 12.0. The Morgan fingerprint density at radius 2 is 1.80 bits per heavy atom. The van der Waals surface area contributed by atoms with E-state index in [1.807, 2.05) is 19.1 Å². The molecule has 0 saturated heterocycles. The van der Waals surface area contributed by atoms with E-state index in [0.29, 0.717) is 30.4 Å². The van der Waals surface area contributed by atoms with Gasteiger partial charge in [-0.3, -0.25) is 4.79 Å². The highest BCUT2D eigenvalue weighted by molar-refractivity contribution is 7.89. The van der Waals surface area contributed by atoms with Gasteiger partial charge in [-0.1, -0.05) is 18.2 Å². The van der Waals surface area contributed by atoms with Crippen LogP contribution < -0.4 is 19.5 Å². The highest BCUT2D eigenvalue weighted by atomic mass is 32.2. The minimum Gasteiger partial charge on any atom is -0.486 e. The van der Waals surface area contributed by atoms with Crippen LogP contribution in [0.4, 0.5) is 5.69 Å². The van der Waals surface area contributed by atoms with Gasteiger partial charge in [-0.15, -0.1) is 0 Å². The van der Waals surface area contributed by atoms with Gasteiger partial charge in [0, 0.05) is 11.8 Å². The Morgan fingerprint density at radius 1 is 1.08 bits per heavy atom. The number of carbonyl (C=O) groups excluding carboxylic acids is 1. The van der Waals surface area contributed by atoms with Gasteiger partial charge in [-0.25, -0.2) is 13.1 Å². The number of amides is 1. The monoisotopic (exact) mass is 362 g/mol. The van der Waals surface area contributed by atoms with Gasteiger partial charge in [0.2, 0.25) is 15.9 Å². The number of ether oxygens (including phenoxy) is 2. The predicted molar refractivity (Wildman–Crippen MR) is 92.4 cm³/mol. The first kappa shape index (κ1) is 17.2. The smallest absolute Gasteiger partial charge is 0.241 e. The van der Waals surface area contributed by atoms with Crippen LogP contribution in [0.1, 0.15) is 5.56 Å². The van der Waals surface area contributed by atoms with Gasteiger partial charge in [0.05, 0.1) is 11.4 Å². The fourth-order valence-corrected chi connectivity index (χ4v) is 3.34. The van der Waals surface area contributed by atoms with Crippen molar-refractivity contribution in [3.05, 3.63) is 48.0 Å². The Bertz CT molecular complexity index is 896. The van der Waals surface area contributed by atoms with E-state index in [-0.39, 0.29) is 11.4 Å². The highest BCUT2D eigenvalue weighted by Gasteiger charge is 2.20. The molecule has 1 amide bonds. The molecular weight excluding hydrogens is 344 g/mol. The lowest BCUT2D eigenvalue weighted by Crippen LogP contribution is -2.33. The maximum absolute atomic E-state index is 12.4. The summed E-state index contributed by atoms with van der Waals surface area (Å²) in [5.74, 6) is 0.427. The van der Waals surface area contributed by atoms with E-state index in [9.17, 15) is 13.2 Å². The van der Waals surface area contributed by atoms with Crippen LogP contribution in [0.3, 0.4) is 0 Å². The number of fused-ring (bicyclic) bond motifs is 1. The average molecular weight is 362 g/mol. The van der Waals surface area contributed by atoms with Crippen molar-refractivity contribution >= 4 is 21.6 Å². The molecule has 1 heterocycles. The summed E-state index contributed by atoms with van der Waals surface area (Å²) in [6.45, 7) is 2.28. The SMILES string of the molecule is Cc1ccccc1NC(=O)CNS(=O)(=O)c1ccc2c(c1)OCCO2. The molecule has 2 aromatic carbocycles. The first-order valence-corrected chi connectivity index (χ1v) is 9.19. The van der Waals surface area contributed by atoms with Crippen LogP contribution >= 0.6 is 0 Å². The van der Waals surface area contributed by atoms with E-state index in [2.05, 4.69) is 10.0 Å². The fourth-order valence-electron chi connectivity index (χ4n) is 2.34. The fraction of sp³-hybridized carbons (Fsp3) is 0.235.